The number of anilines is 1. The van der Waals surface area contributed by atoms with E-state index in [4.69, 9.17) is 14.9 Å². The van der Waals surface area contributed by atoms with Gasteiger partial charge in [-0.3, -0.25) is 4.90 Å². The van der Waals surface area contributed by atoms with Crippen LogP contribution in [-0.2, 0) is 33.8 Å². The van der Waals surface area contributed by atoms with Crippen molar-refractivity contribution in [2.45, 2.75) is 64.6 Å². The van der Waals surface area contributed by atoms with Gasteiger partial charge >= 0.3 is 5.97 Å². The summed E-state index contributed by atoms with van der Waals surface area (Å²) in [6, 6.07) is 12.7. The molecule has 41 heavy (non-hydrogen) atoms. The first-order valence-corrected chi connectivity index (χ1v) is 14.1. The van der Waals surface area contributed by atoms with Crippen LogP contribution in [0.3, 0.4) is 0 Å². The Bertz CT molecular complexity index is 1370. The minimum Gasteiger partial charge on any atom is -0.488 e. The average molecular weight is 557 g/mol. The van der Waals surface area contributed by atoms with Crippen LogP contribution >= 0.6 is 0 Å². The fourth-order valence-electron chi connectivity index (χ4n) is 5.60. The second-order valence-electron chi connectivity index (χ2n) is 10.6. The molecule has 0 amide bonds. The summed E-state index contributed by atoms with van der Waals surface area (Å²) in [5.74, 6) is -0.447. The van der Waals surface area contributed by atoms with E-state index in [2.05, 4.69) is 46.6 Å². The molecule has 1 aliphatic carbocycles. The Balaban J connectivity index is 1.52. The molecule has 2 heterocycles. The molecule has 216 valence electrons. The van der Waals surface area contributed by atoms with Gasteiger partial charge in [-0.2, -0.15) is 0 Å². The molecule has 1 saturated carbocycles. The van der Waals surface area contributed by atoms with Crippen molar-refractivity contribution in [2.24, 2.45) is 0 Å². The zero-order valence-corrected chi connectivity index (χ0v) is 24.0. The minimum absolute atomic E-state index is 0.0908. The van der Waals surface area contributed by atoms with Crippen molar-refractivity contribution in [3.63, 3.8) is 0 Å². The summed E-state index contributed by atoms with van der Waals surface area (Å²) in [6.07, 6.45) is 10.2. The van der Waals surface area contributed by atoms with Gasteiger partial charge in [0.25, 0.3) is 0 Å². The topological polar surface area (TPSA) is 108 Å². The highest BCUT2D eigenvalue weighted by molar-refractivity contribution is 6.08. The van der Waals surface area contributed by atoms with E-state index in [1.807, 2.05) is 13.0 Å². The molecule has 8 nitrogen and oxygen atoms in total. The number of rotatable bonds is 12. The zero-order chi connectivity index (χ0) is 29.4. The highest BCUT2D eigenvalue weighted by Gasteiger charge is 2.25. The number of fused-ring (bicyclic) bond motifs is 1. The van der Waals surface area contributed by atoms with Gasteiger partial charge in [0, 0.05) is 30.9 Å². The molecular formula is C33H40N4O4. The number of hydrogen-bond acceptors (Lipinski definition) is 7. The van der Waals surface area contributed by atoms with E-state index in [0.29, 0.717) is 35.7 Å². The lowest BCUT2D eigenvalue weighted by Gasteiger charge is -2.37. The molecule has 2 aliphatic rings. The van der Waals surface area contributed by atoms with Crippen molar-refractivity contribution in [2.75, 3.05) is 19.0 Å². The number of aliphatic carboxylic acids is 1. The highest BCUT2D eigenvalue weighted by atomic mass is 16.5. The Hall–Kier alpha value is -4.17. The molecule has 0 spiro atoms. The van der Waals surface area contributed by atoms with Crippen LogP contribution in [0.5, 0.6) is 0 Å². The number of carbonyl (C=O) groups is 1. The van der Waals surface area contributed by atoms with E-state index in [9.17, 15) is 9.90 Å². The van der Waals surface area contributed by atoms with Gasteiger partial charge < -0.3 is 25.3 Å². The van der Waals surface area contributed by atoms with E-state index in [1.165, 1.54) is 50.3 Å². The Kier molecular flexibility index (Phi) is 10.1. The SMILES string of the molecule is C=C/C(=C(/OCc1ccc2c(c1)CCN(C1CCCCC1)C2)C(=C)C)c1cccc(N/C(OC)=C(\C=N)C(=O)O)n1. The second kappa shape index (κ2) is 13.9. The van der Waals surface area contributed by atoms with Gasteiger partial charge in [-0.25, -0.2) is 9.78 Å². The number of hydrogen-bond donors (Lipinski definition) is 3. The molecule has 1 aliphatic heterocycles. The molecule has 1 aromatic heterocycles. The minimum atomic E-state index is -1.28. The lowest BCUT2D eigenvalue weighted by Crippen LogP contribution is -2.40. The number of nitrogens with zero attached hydrogens (tertiary/aromatic N) is 2. The largest absolute Gasteiger partial charge is 0.488 e. The number of pyridine rings is 1. The van der Waals surface area contributed by atoms with Crippen LogP contribution in [0.25, 0.3) is 5.57 Å². The molecule has 1 fully saturated rings. The fourth-order valence-corrected chi connectivity index (χ4v) is 5.60. The third-order valence-corrected chi connectivity index (χ3v) is 7.71. The summed E-state index contributed by atoms with van der Waals surface area (Å²) >= 11 is 0. The number of benzene rings is 1. The van der Waals surface area contributed by atoms with E-state index < -0.39 is 5.97 Å². The summed E-state index contributed by atoms with van der Waals surface area (Å²) in [4.78, 5) is 18.7. The average Bonchev–Trinajstić information content (AvgIpc) is 2.99. The van der Waals surface area contributed by atoms with E-state index in [0.717, 1.165) is 36.7 Å². The summed E-state index contributed by atoms with van der Waals surface area (Å²) in [7, 11) is 1.33. The Morgan fingerprint density at radius 1 is 1.22 bits per heavy atom. The maximum absolute atomic E-state index is 11.5. The number of allylic oxidation sites excluding steroid dienone is 3. The molecule has 2 aromatic rings. The van der Waals surface area contributed by atoms with Crippen molar-refractivity contribution in [1.82, 2.24) is 9.88 Å². The van der Waals surface area contributed by atoms with Crippen LogP contribution in [0.2, 0.25) is 0 Å². The van der Waals surface area contributed by atoms with Gasteiger partial charge in [0.1, 0.15) is 23.8 Å². The number of carboxylic acid groups (broad SMARTS) is 1. The first kappa shape index (κ1) is 29.8. The smallest absolute Gasteiger partial charge is 0.342 e. The van der Waals surface area contributed by atoms with Crippen molar-refractivity contribution in [3.05, 3.63) is 101 Å². The maximum atomic E-state index is 11.5. The molecule has 3 N–H and O–H groups in total. The summed E-state index contributed by atoms with van der Waals surface area (Å²) < 4.78 is 11.5. The third kappa shape index (κ3) is 7.32. The Morgan fingerprint density at radius 3 is 2.66 bits per heavy atom. The third-order valence-electron chi connectivity index (χ3n) is 7.71. The maximum Gasteiger partial charge on any atom is 0.342 e. The predicted octanol–water partition coefficient (Wildman–Crippen LogP) is 6.47. The molecular weight excluding hydrogens is 516 g/mol. The first-order chi connectivity index (χ1) is 19.8. The van der Waals surface area contributed by atoms with Gasteiger partial charge in [0.05, 0.1) is 12.8 Å². The number of nitrogens with one attached hydrogen (secondary N) is 2. The van der Waals surface area contributed by atoms with Crippen LogP contribution in [0, 0.1) is 5.41 Å². The van der Waals surface area contributed by atoms with E-state index >= 15 is 0 Å². The standard InChI is InChI=1S/C33H40N4O4/c1-5-27(29-12-9-13-30(35-29)36-32(40-4)28(19-34)33(38)39)31(22(2)3)41-21-23-14-15-25-20-37(17-16-24(25)18-23)26-10-7-6-8-11-26/h5,9,12-15,18-19,26,34H,1-2,6-8,10-11,16-17,20-21H2,3-4H3,(H,35,36)(H,38,39)/b31-27-,32-28-,34-19?. The van der Waals surface area contributed by atoms with Crippen LogP contribution in [0.15, 0.2) is 78.4 Å². The van der Waals surface area contributed by atoms with Gasteiger partial charge in [-0.05, 0) is 60.6 Å². The molecule has 8 heteroatoms. The summed E-state index contributed by atoms with van der Waals surface area (Å²) in [6.45, 7) is 12.5. The lowest BCUT2D eigenvalue weighted by atomic mass is 9.90. The first-order valence-electron chi connectivity index (χ1n) is 14.1. The van der Waals surface area contributed by atoms with Gasteiger partial charge in [-0.1, -0.05) is 62.8 Å². The Labute approximate surface area is 242 Å². The second-order valence-corrected chi connectivity index (χ2v) is 10.6. The zero-order valence-electron chi connectivity index (χ0n) is 24.0. The van der Waals surface area contributed by atoms with Gasteiger partial charge in [0.2, 0.25) is 5.88 Å². The lowest BCUT2D eigenvalue weighted by molar-refractivity contribution is -0.132. The summed E-state index contributed by atoms with van der Waals surface area (Å²) in [5, 5.41) is 19.6. The quantitative estimate of drug-likeness (QED) is 0.119. The van der Waals surface area contributed by atoms with Crippen LogP contribution in [0.4, 0.5) is 5.82 Å². The molecule has 4 rings (SSSR count). The highest BCUT2D eigenvalue weighted by Crippen LogP contribution is 2.30. The molecule has 1 aromatic carbocycles. The number of ether oxygens (including phenoxy) is 2. The van der Waals surface area contributed by atoms with Crippen molar-refractivity contribution in [1.29, 1.82) is 5.41 Å². The van der Waals surface area contributed by atoms with Crippen molar-refractivity contribution >= 4 is 23.6 Å². The van der Waals surface area contributed by atoms with Gasteiger partial charge in [-0.15, -0.1) is 0 Å². The van der Waals surface area contributed by atoms with Crippen LogP contribution in [-0.4, -0.2) is 46.9 Å². The molecule has 0 bridgehead atoms. The van der Waals surface area contributed by atoms with E-state index in [-0.39, 0.29) is 11.5 Å². The fraction of sp³-hybridized carbons (Fsp3) is 0.364. The number of aromatic nitrogens is 1. The van der Waals surface area contributed by atoms with Gasteiger partial charge in [0.15, 0.2) is 0 Å². The number of methoxy groups -OCH3 is 1. The van der Waals surface area contributed by atoms with Crippen molar-refractivity contribution in [3.8, 4) is 0 Å². The van der Waals surface area contributed by atoms with Crippen molar-refractivity contribution < 1.29 is 19.4 Å². The molecule has 0 atom stereocenters. The van der Waals surface area contributed by atoms with Crippen LogP contribution in [0.1, 0.15) is 61.4 Å². The number of carboxylic acids is 1. The summed E-state index contributed by atoms with van der Waals surface area (Å²) in [5.41, 5.74) is 5.56. The van der Waals surface area contributed by atoms with Crippen LogP contribution < -0.4 is 5.32 Å². The monoisotopic (exact) mass is 556 g/mol. The molecule has 0 radical (unpaired) electrons. The molecule has 0 saturated heterocycles. The predicted molar refractivity (Wildman–Crippen MR) is 162 cm³/mol. The Morgan fingerprint density at radius 2 is 2.00 bits per heavy atom. The van der Waals surface area contributed by atoms with E-state index in [1.54, 1.807) is 18.2 Å². The normalized spacial score (nSPS) is 16.9. The molecule has 0 unspecified atom stereocenters.